The van der Waals surface area contributed by atoms with Gasteiger partial charge in [-0.25, -0.2) is 13.2 Å². The Hall–Kier alpha value is -2.19. The number of hydrogen-bond acceptors (Lipinski definition) is 4. The Kier molecular flexibility index (Phi) is 7.15. The predicted octanol–water partition coefficient (Wildman–Crippen LogP) is 1.93. The van der Waals surface area contributed by atoms with Gasteiger partial charge in [-0.3, -0.25) is 4.79 Å². The molecule has 1 saturated heterocycles. The van der Waals surface area contributed by atoms with Crippen LogP contribution in [0.25, 0.3) is 0 Å². The highest BCUT2D eigenvalue weighted by atomic mass is 32.2. The van der Waals surface area contributed by atoms with Crippen LogP contribution in [0.1, 0.15) is 31.7 Å². The average Bonchev–Trinajstić information content (AvgIpc) is 2.65. The summed E-state index contributed by atoms with van der Waals surface area (Å²) in [6.45, 7) is 4.05. The molecule has 0 radical (unpaired) electrons. The van der Waals surface area contributed by atoms with Crippen LogP contribution in [0.15, 0.2) is 41.3 Å². The van der Waals surface area contributed by atoms with Gasteiger partial charge in [-0.05, 0) is 45.2 Å². The summed E-state index contributed by atoms with van der Waals surface area (Å²) >= 11 is 0. The van der Waals surface area contributed by atoms with Crippen molar-refractivity contribution < 1.29 is 23.1 Å². The van der Waals surface area contributed by atoms with Crippen molar-refractivity contribution in [2.45, 2.75) is 44.0 Å². The van der Waals surface area contributed by atoms with Gasteiger partial charge in [0.25, 0.3) is 0 Å². The molecule has 0 aromatic heterocycles. The summed E-state index contributed by atoms with van der Waals surface area (Å²) in [5.74, 6) is -2.09. The number of nitrogens with one attached hydrogen (secondary N) is 1. The Labute approximate surface area is 160 Å². The van der Waals surface area contributed by atoms with Crippen LogP contribution < -0.4 is 5.32 Å². The second-order valence-corrected chi connectivity index (χ2v) is 8.66. The van der Waals surface area contributed by atoms with Crippen LogP contribution >= 0.6 is 0 Å². The second-order valence-electron chi connectivity index (χ2n) is 6.72. The number of rotatable bonds is 7. The largest absolute Gasteiger partial charge is 0.480 e. The SMILES string of the molecule is C/C=C/CC(NC(=O)C1CCCN(S(=O)(=O)c2ccc(C)cc2)C1)C(=O)O. The van der Waals surface area contributed by atoms with E-state index in [2.05, 4.69) is 5.32 Å². The van der Waals surface area contributed by atoms with Crippen molar-refractivity contribution in [2.75, 3.05) is 13.1 Å². The van der Waals surface area contributed by atoms with Gasteiger partial charge in [0.05, 0.1) is 10.8 Å². The summed E-state index contributed by atoms with van der Waals surface area (Å²) in [7, 11) is -3.68. The molecule has 0 spiro atoms. The standard InChI is InChI=1S/C19H26N2O5S/c1-3-4-7-17(19(23)24)20-18(22)15-6-5-12-21(13-15)27(25,26)16-10-8-14(2)9-11-16/h3-4,8-11,15,17H,5-7,12-13H2,1-2H3,(H,20,22)(H,23,24)/b4-3+. The number of aryl methyl sites for hydroxylation is 1. The third-order valence-corrected chi connectivity index (χ3v) is 6.52. The monoisotopic (exact) mass is 394 g/mol. The molecule has 2 atom stereocenters. The quantitative estimate of drug-likeness (QED) is 0.688. The van der Waals surface area contributed by atoms with Gasteiger partial charge in [-0.2, -0.15) is 4.31 Å². The molecular weight excluding hydrogens is 368 g/mol. The van der Waals surface area contributed by atoms with E-state index >= 15 is 0 Å². The summed E-state index contributed by atoms with van der Waals surface area (Å²) in [6, 6.07) is 5.58. The van der Waals surface area contributed by atoms with Crippen LogP contribution in [-0.4, -0.2) is 48.8 Å². The van der Waals surface area contributed by atoms with Crippen molar-refractivity contribution in [3.05, 3.63) is 42.0 Å². The lowest BCUT2D eigenvalue weighted by Crippen LogP contribution is -2.49. The fourth-order valence-electron chi connectivity index (χ4n) is 3.02. The van der Waals surface area contributed by atoms with Gasteiger partial charge in [0, 0.05) is 13.1 Å². The number of piperidine rings is 1. The number of sulfonamides is 1. The van der Waals surface area contributed by atoms with Crippen LogP contribution in [0.2, 0.25) is 0 Å². The topological polar surface area (TPSA) is 104 Å². The van der Waals surface area contributed by atoms with E-state index in [1.165, 1.54) is 4.31 Å². The van der Waals surface area contributed by atoms with E-state index in [4.69, 9.17) is 0 Å². The molecule has 8 heteroatoms. The first kappa shape index (κ1) is 21.1. The van der Waals surface area contributed by atoms with Crippen LogP contribution in [-0.2, 0) is 19.6 Å². The minimum absolute atomic E-state index is 0.0536. The Balaban J connectivity index is 2.09. The minimum Gasteiger partial charge on any atom is -0.480 e. The molecule has 1 fully saturated rings. The number of carbonyl (C=O) groups is 2. The molecule has 1 aliphatic heterocycles. The normalized spacial score (nSPS) is 19.7. The molecule has 1 aromatic carbocycles. The first-order valence-electron chi connectivity index (χ1n) is 8.97. The van der Waals surface area contributed by atoms with E-state index < -0.39 is 33.9 Å². The molecule has 1 heterocycles. The van der Waals surface area contributed by atoms with Crippen molar-refractivity contribution in [1.82, 2.24) is 9.62 Å². The second kappa shape index (κ2) is 9.14. The first-order valence-corrected chi connectivity index (χ1v) is 10.4. The molecule has 2 rings (SSSR count). The molecule has 7 nitrogen and oxygen atoms in total. The number of allylic oxidation sites excluding steroid dienone is 1. The third-order valence-electron chi connectivity index (χ3n) is 4.64. The van der Waals surface area contributed by atoms with E-state index in [1.54, 1.807) is 43.3 Å². The number of carboxylic acid groups (broad SMARTS) is 1. The van der Waals surface area contributed by atoms with E-state index in [0.717, 1.165) is 5.56 Å². The van der Waals surface area contributed by atoms with Gasteiger partial charge < -0.3 is 10.4 Å². The molecule has 1 amide bonds. The van der Waals surface area contributed by atoms with E-state index in [1.807, 2.05) is 6.92 Å². The molecule has 27 heavy (non-hydrogen) atoms. The molecule has 2 N–H and O–H groups in total. The Bertz CT molecular complexity index is 802. The van der Waals surface area contributed by atoms with Crippen LogP contribution in [0, 0.1) is 12.8 Å². The maximum Gasteiger partial charge on any atom is 0.326 e. The number of benzene rings is 1. The summed E-state index contributed by atoms with van der Waals surface area (Å²) in [4.78, 5) is 24.0. The molecule has 1 aromatic rings. The molecule has 148 valence electrons. The van der Waals surface area contributed by atoms with Crippen molar-refractivity contribution >= 4 is 21.9 Å². The molecule has 0 saturated carbocycles. The molecule has 0 aliphatic carbocycles. The summed E-state index contributed by atoms with van der Waals surface area (Å²) in [6.07, 6.45) is 4.67. The Morgan fingerprint density at radius 2 is 2.00 bits per heavy atom. The number of aliphatic carboxylic acids is 1. The number of nitrogens with zero attached hydrogens (tertiary/aromatic N) is 1. The van der Waals surface area contributed by atoms with Gasteiger partial charge in [0.15, 0.2) is 0 Å². The van der Waals surface area contributed by atoms with Gasteiger partial charge in [-0.1, -0.05) is 29.8 Å². The molecule has 1 aliphatic rings. The maximum atomic E-state index is 12.8. The number of hydrogen-bond donors (Lipinski definition) is 2. The van der Waals surface area contributed by atoms with Crippen molar-refractivity contribution in [1.29, 1.82) is 0 Å². The molecule has 0 bridgehead atoms. The highest BCUT2D eigenvalue weighted by Crippen LogP contribution is 2.24. The summed E-state index contributed by atoms with van der Waals surface area (Å²) in [5.41, 5.74) is 0.964. The van der Waals surface area contributed by atoms with E-state index in [9.17, 15) is 23.1 Å². The fraction of sp³-hybridized carbons (Fsp3) is 0.474. The van der Waals surface area contributed by atoms with Crippen molar-refractivity contribution in [3.8, 4) is 0 Å². The van der Waals surface area contributed by atoms with Gasteiger partial charge in [0.1, 0.15) is 6.04 Å². The zero-order valence-electron chi connectivity index (χ0n) is 15.6. The first-order chi connectivity index (χ1) is 12.8. The fourth-order valence-corrected chi connectivity index (χ4v) is 4.54. The van der Waals surface area contributed by atoms with Crippen molar-refractivity contribution in [3.63, 3.8) is 0 Å². The zero-order valence-corrected chi connectivity index (χ0v) is 16.4. The van der Waals surface area contributed by atoms with Gasteiger partial charge >= 0.3 is 5.97 Å². The molecular formula is C19H26N2O5S. The van der Waals surface area contributed by atoms with Crippen LogP contribution in [0.4, 0.5) is 0 Å². The number of carboxylic acids is 1. The molecule has 2 unspecified atom stereocenters. The van der Waals surface area contributed by atoms with Crippen LogP contribution in [0.3, 0.4) is 0 Å². The number of amides is 1. The third kappa shape index (κ3) is 5.40. The minimum atomic E-state index is -3.68. The smallest absolute Gasteiger partial charge is 0.326 e. The number of carbonyl (C=O) groups excluding carboxylic acids is 1. The van der Waals surface area contributed by atoms with E-state index in [0.29, 0.717) is 19.4 Å². The lowest BCUT2D eigenvalue weighted by atomic mass is 9.98. The van der Waals surface area contributed by atoms with Crippen LogP contribution in [0.5, 0.6) is 0 Å². The zero-order chi connectivity index (χ0) is 20.0. The van der Waals surface area contributed by atoms with Gasteiger partial charge in [0.2, 0.25) is 15.9 Å². The summed E-state index contributed by atoms with van der Waals surface area (Å²) in [5, 5.41) is 11.8. The lowest BCUT2D eigenvalue weighted by Gasteiger charge is -2.31. The Morgan fingerprint density at radius 1 is 1.33 bits per heavy atom. The van der Waals surface area contributed by atoms with E-state index in [-0.39, 0.29) is 17.9 Å². The lowest BCUT2D eigenvalue weighted by molar-refractivity contribution is -0.142. The maximum absolute atomic E-state index is 12.8. The summed E-state index contributed by atoms with van der Waals surface area (Å²) < 4.78 is 27.0. The predicted molar refractivity (Wildman–Crippen MR) is 102 cm³/mol. The highest BCUT2D eigenvalue weighted by molar-refractivity contribution is 7.89. The van der Waals surface area contributed by atoms with Crippen molar-refractivity contribution in [2.24, 2.45) is 5.92 Å². The van der Waals surface area contributed by atoms with Gasteiger partial charge in [-0.15, -0.1) is 0 Å². The highest BCUT2D eigenvalue weighted by Gasteiger charge is 2.34. The Morgan fingerprint density at radius 3 is 2.59 bits per heavy atom. The average molecular weight is 394 g/mol.